The Hall–Kier alpha value is -2.23. The highest BCUT2D eigenvalue weighted by Gasteiger charge is 2.12. The van der Waals surface area contributed by atoms with Gasteiger partial charge in [0.05, 0.1) is 5.56 Å². The third-order valence-corrected chi connectivity index (χ3v) is 2.64. The van der Waals surface area contributed by atoms with Crippen LogP contribution in [0.4, 0.5) is 8.78 Å². The van der Waals surface area contributed by atoms with Crippen LogP contribution < -0.4 is 0 Å². The number of carboxylic acids is 1. The quantitative estimate of drug-likeness (QED) is 0.905. The van der Waals surface area contributed by atoms with Crippen molar-refractivity contribution in [2.24, 2.45) is 0 Å². The molecule has 0 atom stereocenters. The maximum atomic E-state index is 13.5. The van der Waals surface area contributed by atoms with E-state index in [0.29, 0.717) is 5.56 Å². The number of hydrogen-bond acceptors (Lipinski definition) is 1. The Labute approximate surface area is 103 Å². The fourth-order valence-corrected chi connectivity index (χ4v) is 1.76. The van der Waals surface area contributed by atoms with Crippen LogP contribution in [0.5, 0.6) is 0 Å². The standard InChI is InChI=1S/C14H10F2O2/c15-11-5-6-12(14(17)18)10(8-11)7-9-3-1-2-4-13(9)16/h1-6,8H,7H2,(H,17,18). The van der Waals surface area contributed by atoms with Crippen molar-refractivity contribution in [1.82, 2.24) is 0 Å². The van der Waals surface area contributed by atoms with E-state index in [0.717, 1.165) is 12.1 Å². The Morgan fingerprint density at radius 1 is 1.06 bits per heavy atom. The summed E-state index contributed by atoms with van der Waals surface area (Å²) in [7, 11) is 0. The Balaban J connectivity index is 2.42. The first kappa shape index (κ1) is 12.2. The number of hydrogen-bond donors (Lipinski definition) is 1. The molecular formula is C14H10F2O2. The first-order chi connectivity index (χ1) is 8.58. The van der Waals surface area contributed by atoms with Crippen molar-refractivity contribution in [3.8, 4) is 0 Å². The molecule has 0 amide bonds. The normalized spacial score (nSPS) is 10.3. The lowest BCUT2D eigenvalue weighted by Gasteiger charge is -2.07. The summed E-state index contributed by atoms with van der Waals surface area (Å²) in [5.74, 6) is -2.12. The molecule has 0 spiro atoms. The lowest BCUT2D eigenvalue weighted by atomic mass is 9.99. The molecule has 4 heteroatoms. The summed E-state index contributed by atoms with van der Waals surface area (Å²) in [5.41, 5.74) is 0.581. The predicted octanol–water partition coefficient (Wildman–Crippen LogP) is 3.25. The summed E-state index contributed by atoms with van der Waals surface area (Å²) in [6.07, 6.45) is 0.0477. The summed E-state index contributed by atoms with van der Waals surface area (Å²) < 4.78 is 26.6. The lowest BCUT2D eigenvalue weighted by molar-refractivity contribution is 0.0696. The fraction of sp³-hybridized carbons (Fsp3) is 0.0714. The highest BCUT2D eigenvalue weighted by molar-refractivity contribution is 5.89. The van der Waals surface area contributed by atoms with Gasteiger partial charge in [0, 0.05) is 6.42 Å². The molecule has 0 bridgehead atoms. The molecule has 0 aliphatic carbocycles. The fourth-order valence-electron chi connectivity index (χ4n) is 1.76. The Morgan fingerprint density at radius 2 is 1.78 bits per heavy atom. The molecule has 0 saturated carbocycles. The molecule has 0 saturated heterocycles. The van der Waals surface area contributed by atoms with Crippen LogP contribution in [0, 0.1) is 11.6 Å². The maximum Gasteiger partial charge on any atom is 0.335 e. The van der Waals surface area contributed by atoms with E-state index in [9.17, 15) is 13.6 Å². The van der Waals surface area contributed by atoms with E-state index >= 15 is 0 Å². The molecule has 18 heavy (non-hydrogen) atoms. The average molecular weight is 248 g/mol. The summed E-state index contributed by atoms with van der Waals surface area (Å²) in [5, 5.41) is 8.99. The van der Waals surface area contributed by atoms with Crippen molar-refractivity contribution in [3.63, 3.8) is 0 Å². The number of halogens is 2. The zero-order valence-electron chi connectivity index (χ0n) is 9.36. The second kappa shape index (κ2) is 4.96. The number of benzene rings is 2. The van der Waals surface area contributed by atoms with E-state index < -0.39 is 17.6 Å². The van der Waals surface area contributed by atoms with Gasteiger partial charge in [-0.25, -0.2) is 13.6 Å². The molecule has 0 radical (unpaired) electrons. The first-order valence-electron chi connectivity index (χ1n) is 5.33. The van der Waals surface area contributed by atoms with E-state index in [2.05, 4.69) is 0 Å². The van der Waals surface area contributed by atoms with Crippen LogP contribution in [0.25, 0.3) is 0 Å². The third-order valence-electron chi connectivity index (χ3n) is 2.64. The second-order valence-corrected chi connectivity index (χ2v) is 3.87. The van der Waals surface area contributed by atoms with Crippen molar-refractivity contribution in [2.45, 2.75) is 6.42 Å². The van der Waals surface area contributed by atoms with Crippen molar-refractivity contribution >= 4 is 5.97 Å². The minimum atomic E-state index is -1.15. The lowest BCUT2D eigenvalue weighted by Crippen LogP contribution is -2.04. The zero-order valence-corrected chi connectivity index (χ0v) is 9.36. The number of aromatic carboxylic acids is 1. The minimum Gasteiger partial charge on any atom is -0.478 e. The molecule has 0 aromatic heterocycles. The molecular weight excluding hydrogens is 238 g/mol. The largest absolute Gasteiger partial charge is 0.478 e. The molecule has 0 fully saturated rings. The average Bonchev–Trinajstić information content (AvgIpc) is 2.32. The van der Waals surface area contributed by atoms with Gasteiger partial charge < -0.3 is 5.11 Å². The Kier molecular flexibility index (Phi) is 3.37. The molecule has 92 valence electrons. The molecule has 2 aromatic carbocycles. The molecule has 0 unspecified atom stereocenters. The van der Waals surface area contributed by atoms with Gasteiger partial charge in [-0.1, -0.05) is 18.2 Å². The molecule has 2 aromatic rings. The molecule has 0 aliphatic heterocycles. The molecule has 1 N–H and O–H groups in total. The highest BCUT2D eigenvalue weighted by atomic mass is 19.1. The summed E-state index contributed by atoms with van der Waals surface area (Å²) >= 11 is 0. The topological polar surface area (TPSA) is 37.3 Å². The van der Waals surface area contributed by atoms with Crippen molar-refractivity contribution in [2.75, 3.05) is 0 Å². The van der Waals surface area contributed by atoms with Crippen LogP contribution in [-0.4, -0.2) is 11.1 Å². The van der Waals surface area contributed by atoms with E-state index in [1.54, 1.807) is 18.2 Å². The second-order valence-electron chi connectivity index (χ2n) is 3.87. The van der Waals surface area contributed by atoms with Crippen LogP contribution in [-0.2, 0) is 6.42 Å². The van der Waals surface area contributed by atoms with Gasteiger partial charge in [0.2, 0.25) is 0 Å². The van der Waals surface area contributed by atoms with Crippen LogP contribution in [0.15, 0.2) is 42.5 Å². The number of rotatable bonds is 3. The van der Waals surface area contributed by atoms with Crippen LogP contribution in [0.1, 0.15) is 21.5 Å². The van der Waals surface area contributed by atoms with Crippen molar-refractivity contribution in [1.29, 1.82) is 0 Å². The van der Waals surface area contributed by atoms with E-state index in [-0.39, 0.29) is 17.5 Å². The van der Waals surface area contributed by atoms with Gasteiger partial charge in [0.25, 0.3) is 0 Å². The predicted molar refractivity (Wildman–Crippen MR) is 62.6 cm³/mol. The summed E-state index contributed by atoms with van der Waals surface area (Å²) in [6.45, 7) is 0. The van der Waals surface area contributed by atoms with Gasteiger partial charge in [-0.2, -0.15) is 0 Å². The molecule has 2 rings (SSSR count). The Bertz CT molecular complexity index is 594. The Morgan fingerprint density at radius 3 is 2.44 bits per heavy atom. The molecule has 0 aliphatic rings. The summed E-state index contributed by atoms with van der Waals surface area (Å²) in [4.78, 5) is 11.0. The van der Waals surface area contributed by atoms with E-state index in [4.69, 9.17) is 5.11 Å². The monoisotopic (exact) mass is 248 g/mol. The van der Waals surface area contributed by atoms with E-state index in [1.807, 2.05) is 0 Å². The molecule has 2 nitrogen and oxygen atoms in total. The number of carboxylic acid groups (broad SMARTS) is 1. The summed E-state index contributed by atoms with van der Waals surface area (Å²) in [6, 6.07) is 9.42. The van der Waals surface area contributed by atoms with Gasteiger partial charge in [0.1, 0.15) is 11.6 Å². The van der Waals surface area contributed by atoms with E-state index in [1.165, 1.54) is 12.1 Å². The smallest absolute Gasteiger partial charge is 0.335 e. The van der Waals surface area contributed by atoms with Crippen LogP contribution in [0.2, 0.25) is 0 Å². The third kappa shape index (κ3) is 2.53. The van der Waals surface area contributed by atoms with Gasteiger partial charge >= 0.3 is 5.97 Å². The highest BCUT2D eigenvalue weighted by Crippen LogP contribution is 2.18. The maximum absolute atomic E-state index is 13.5. The minimum absolute atomic E-state index is 0.0142. The number of carbonyl (C=O) groups is 1. The van der Waals surface area contributed by atoms with Crippen LogP contribution in [0.3, 0.4) is 0 Å². The zero-order chi connectivity index (χ0) is 13.1. The van der Waals surface area contributed by atoms with Gasteiger partial charge in [0.15, 0.2) is 0 Å². The van der Waals surface area contributed by atoms with Crippen molar-refractivity contribution in [3.05, 3.63) is 70.8 Å². The first-order valence-corrected chi connectivity index (χ1v) is 5.33. The van der Waals surface area contributed by atoms with Gasteiger partial charge in [-0.15, -0.1) is 0 Å². The van der Waals surface area contributed by atoms with Gasteiger partial charge in [-0.3, -0.25) is 0 Å². The van der Waals surface area contributed by atoms with Gasteiger partial charge in [-0.05, 0) is 35.4 Å². The SMILES string of the molecule is O=C(O)c1ccc(F)cc1Cc1ccccc1F. The molecule has 0 heterocycles. The van der Waals surface area contributed by atoms with Crippen LogP contribution >= 0.6 is 0 Å². The van der Waals surface area contributed by atoms with Crippen molar-refractivity contribution < 1.29 is 18.7 Å².